The highest BCUT2D eigenvalue weighted by atomic mass is 79.9. The molecular formula is C23H21BrN6O2. The number of aromatic nitrogens is 4. The van der Waals surface area contributed by atoms with Gasteiger partial charge in [-0.1, -0.05) is 46.3 Å². The van der Waals surface area contributed by atoms with E-state index < -0.39 is 0 Å². The number of halogens is 1. The summed E-state index contributed by atoms with van der Waals surface area (Å²) >= 11 is 3.38. The van der Waals surface area contributed by atoms with Crippen molar-refractivity contribution in [2.75, 3.05) is 16.8 Å². The molecule has 9 heteroatoms. The lowest BCUT2D eigenvalue weighted by atomic mass is 10.0. The van der Waals surface area contributed by atoms with Crippen molar-refractivity contribution >= 4 is 39.1 Å². The van der Waals surface area contributed by atoms with Crippen LogP contribution in [-0.2, 0) is 24.3 Å². The Morgan fingerprint density at radius 1 is 1.12 bits per heavy atom. The third-order valence-corrected chi connectivity index (χ3v) is 5.99. The molecule has 0 bridgehead atoms. The number of aryl methyl sites for hydroxylation is 1. The van der Waals surface area contributed by atoms with Gasteiger partial charge in [0.1, 0.15) is 6.54 Å². The van der Waals surface area contributed by atoms with E-state index in [4.69, 9.17) is 0 Å². The normalized spacial score (nSPS) is 13.2. The number of nitrogens with zero attached hydrogens (tertiary/aromatic N) is 5. The maximum Gasteiger partial charge on any atom is 0.353 e. The minimum absolute atomic E-state index is 0.186. The van der Waals surface area contributed by atoms with E-state index in [1.165, 1.54) is 20.2 Å². The largest absolute Gasteiger partial charge is 0.353 e. The van der Waals surface area contributed by atoms with Crippen LogP contribution in [0.15, 0.2) is 63.9 Å². The molecule has 8 nitrogen and oxygen atoms in total. The Bertz CT molecular complexity index is 1390. The first-order chi connectivity index (χ1) is 15.5. The summed E-state index contributed by atoms with van der Waals surface area (Å²) in [5, 5.41) is 7.20. The van der Waals surface area contributed by atoms with E-state index in [9.17, 15) is 9.59 Å². The molecule has 1 aliphatic heterocycles. The van der Waals surface area contributed by atoms with E-state index in [2.05, 4.69) is 48.4 Å². The quantitative estimate of drug-likeness (QED) is 0.472. The zero-order valence-corrected chi connectivity index (χ0v) is 19.0. The Labute approximate surface area is 192 Å². The average molecular weight is 493 g/mol. The van der Waals surface area contributed by atoms with Crippen LogP contribution >= 0.6 is 15.9 Å². The molecule has 32 heavy (non-hydrogen) atoms. The van der Waals surface area contributed by atoms with Crippen molar-refractivity contribution < 1.29 is 4.79 Å². The summed E-state index contributed by atoms with van der Waals surface area (Å²) in [7, 11) is 0. The van der Waals surface area contributed by atoms with Gasteiger partial charge in [0.25, 0.3) is 0 Å². The fourth-order valence-electron chi connectivity index (χ4n) is 4.02. The topological polar surface area (TPSA) is 84.5 Å². The smallest absolute Gasteiger partial charge is 0.337 e. The van der Waals surface area contributed by atoms with E-state index in [1.54, 1.807) is 18.2 Å². The van der Waals surface area contributed by atoms with Crippen molar-refractivity contribution in [2.45, 2.75) is 26.4 Å². The molecule has 0 fully saturated rings. The molecule has 4 aromatic rings. The van der Waals surface area contributed by atoms with E-state index >= 15 is 0 Å². The first kappa shape index (κ1) is 20.4. The zero-order valence-electron chi connectivity index (χ0n) is 17.5. The first-order valence-corrected chi connectivity index (χ1v) is 11.1. The summed E-state index contributed by atoms with van der Waals surface area (Å²) in [5.74, 6) is 0.227. The van der Waals surface area contributed by atoms with E-state index in [1.807, 2.05) is 31.2 Å². The molecule has 0 atom stereocenters. The van der Waals surface area contributed by atoms with Gasteiger partial charge in [0.2, 0.25) is 11.9 Å². The Balaban J connectivity index is 1.46. The average Bonchev–Trinajstić information content (AvgIpc) is 3.07. The minimum atomic E-state index is -0.384. The number of benzene rings is 2. The number of amides is 1. The maximum absolute atomic E-state index is 13.2. The van der Waals surface area contributed by atoms with Gasteiger partial charge >= 0.3 is 5.69 Å². The van der Waals surface area contributed by atoms with Gasteiger partial charge in [-0.05, 0) is 42.7 Å². The predicted octanol–water partition coefficient (Wildman–Crippen LogP) is 3.16. The van der Waals surface area contributed by atoms with Crippen LogP contribution in [0.5, 0.6) is 0 Å². The van der Waals surface area contributed by atoms with Crippen molar-refractivity contribution in [1.82, 2.24) is 19.2 Å². The molecule has 162 valence electrons. The van der Waals surface area contributed by atoms with Crippen molar-refractivity contribution in [3.8, 4) is 0 Å². The van der Waals surface area contributed by atoms with E-state index in [-0.39, 0.29) is 18.1 Å². The van der Waals surface area contributed by atoms with Gasteiger partial charge < -0.3 is 10.2 Å². The molecule has 0 radical (unpaired) electrons. The second-order valence-electron chi connectivity index (χ2n) is 7.83. The minimum Gasteiger partial charge on any atom is -0.337 e. The summed E-state index contributed by atoms with van der Waals surface area (Å²) in [6.07, 6.45) is 0.880. The lowest BCUT2D eigenvalue weighted by Crippen LogP contribution is -2.35. The van der Waals surface area contributed by atoms with Gasteiger partial charge in [-0.3, -0.25) is 4.79 Å². The number of carbonyl (C=O) groups excluding carboxylic acids is 1. The second-order valence-corrected chi connectivity index (χ2v) is 8.75. The lowest BCUT2D eigenvalue weighted by molar-refractivity contribution is -0.117. The van der Waals surface area contributed by atoms with Gasteiger partial charge in [0.15, 0.2) is 5.65 Å². The van der Waals surface area contributed by atoms with Crippen LogP contribution in [0.4, 0.5) is 11.6 Å². The summed E-state index contributed by atoms with van der Waals surface area (Å²) in [6, 6.07) is 17.4. The summed E-state index contributed by atoms with van der Waals surface area (Å²) in [6.45, 7) is 3.12. The molecule has 5 rings (SSSR count). The maximum atomic E-state index is 13.2. The summed E-state index contributed by atoms with van der Waals surface area (Å²) in [5.41, 5.74) is 4.05. The van der Waals surface area contributed by atoms with Crippen molar-refractivity contribution in [2.24, 2.45) is 0 Å². The highest BCUT2D eigenvalue weighted by molar-refractivity contribution is 9.10. The fraction of sp³-hybridized carbons (Fsp3) is 0.217. The molecular weight excluding hydrogens is 472 g/mol. The molecule has 0 spiro atoms. The Morgan fingerprint density at radius 3 is 2.75 bits per heavy atom. The van der Waals surface area contributed by atoms with Crippen LogP contribution in [0.2, 0.25) is 0 Å². The van der Waals surface area contributed by atoms with Gasteiger partial charge in [-0.25, -0.2) is 18.9 Å². The second kappa shape index (κ2) is 8.23. The van der Waals surface area contributed by atoms with Gasteiger partial charge in [0, 0.05) is 35.0 Å². The van der Waals surface area contributed by atoms with Crippen LogP contribution in [0, 0.1) is 6.92 Å². The molecule has 1 N–H and O–H groups in total. The lowest BCUT2D eigenvalue weighted by Gasteiger charge is -2.29. The standard InChI is InChI=1S/C23H21BrN6O2/c1-15-11-20-27-29(14-21(31)26-19-8-4-7-18(24)12-19)23(32)30(20)22(25-15)28-10-9-16-5-2-3-6-17(16)13-28/h2-8,11-12H,9-10,13-14H2,1H3,(H,26,31). The van der Waals surface area contributed by atoms with Crippen LogP contribution < -0.4 is 15.9 Å². The van der Waals surface area contributed by atoms with Crippen LogP contribution in [0.25, 0.3) is 5.65 Å². The van der Waals surface area contributed by atoms with Gasteiger partial charge in [-0.15, -0.1) is 5.10 Å². The monoisotopic (exact) mass is 492 g/mol. The predicted molar refractivity (Wildman–Crippen MR) is 126 cm³/mol. The molecule has 2 aromatic heterocycles. The molecule has 0 saturated carbocycles. The molecule has 3 heterocycles. The van der Waals surface area contributed by atoms with E-state index in [0.29, 0.717) is 23.8 Å². The van der Waals surface area contributed by atoms with Crippen molar-refractivity contribution in [3.05, 3.63) is 86.4 Å². The fourth-order valence-corrected chi connectivity index (χ4v) is 4.42. The van der Waals surface area contributed by atoms with Crippen LogP contribution in [0.1, 0.15) is 16.8 Å². The zero-order chi connectivity index (χ0) is 22.2. The summed E-state index contributed by atoms with van der Waals surface area (Å²) < 4.78 is 3.54. The number of hydrogen-bond donors (Lipinski definition) is 1. The van der Waals surface area contributed by atoms with Crippen molar-refractivity contribution in [1.29, 1.82) is 0 Å². The van der Waals surface area contributed by atoms with Gasteiger partial charge in [-0.2, -0.15) is 0 Å². The summed E-state index contributed by atoms with van der Waals surface area (Å²) in [4.78, 5) is 32.5. The highest BCUT2D eigenvalue weighted by Gasteiger charge is 2.22. The number of rotatable bonds is 4. The number of nitrogens with one attached hydrogen (secondary N) is 1. The van der Waals surface area contributed by atoms with Crippen molar-refractivity contribution in [3.63, 3.8) is 0 Å². The van der Waals surface area contributed by atoms with Gasteiger partial charge in [0.05, 0.1) is 0 Å². The molecule has 1 aliphatic rings. The Kier molecular flexibility index (Phi) is 5.26. The SMILES string of the molecule is Cc1cc2nn(CC(=O)Nc3cccc(Br)c3)c(=O)n2c(N2CCc3ccccc3C2)n1. The Hall–Kier alpha value is -3.46. The molecule has 1 amide bonds. The number of anilines is 2. The highest BCUT2D eigenvalue weighted by Crippen LogP contribution is 2.23. The third-order valence-electron chi connectivity index (χ3n) is 5.49. The van der Waals surface area contributed by atoms with Crippen LogP contribution in [-0.4, -0.2) is 31.6 Å². The molecule has 0 aliphatic carbocycles. The molecule has 2 aromatic carbocycles. The number of fused-ring (bicyclic) bond motifs is 2. The number of carbonyl (C=O) groups is 1. The molecule has 0 saturated heterocycles. The third kappa shape index (κ3) is 3.91. The molecule has 0 unspecified atom stereocenters. The van der Waals surface area contributed by atoms with Crippen LogP contribution in [0.3, 0.4) is 0 Å². The number of hydrogen-bond acceptors (Lipinski definition) is 5. The Morgan fingerprint density at radius 2 is 1.94 bits per heavy atom. The van der Waals surface area contributed by atoms with E-state index in [0.717, 1.165) is 23.1 Å². The first-order valence-electron chi connectivity index (χ1n) is 10.3.